The van der Waals surface area contributed by atoms with Gasteiger partial charge in [0, 0.05) is 11.1 Å². The highest BCUT2D eigenvalue weighted by Crippen LogP contribution is 2.53. The summed E-state index contributed by atoms with van der Waals surface area (Å²) >= 11 is 0. The van der Waals surface area contributed by atoms with Gasteiger partial charge >= 0.3 is 7.82 Å². The standard InChI is InChI=1S/C48H37O4PSi2/c49-53(50)51-47-43(33-19-35-45(47)54(37-21-7-1-8-22-37,38-23-9-2-10-24-38)39-25-11-3-12-26-39)44-34-20-36-46(48(44)52-53)55(40-27-13-4-14-28-40,41-29-15-5-16-30-41)42-31-17-6-18-32-42/h1-36H,(H,49,50). The van der Waals surface area contributed by atoms with Crippen LogP contribution in [0.3, 0.4) is 0 Å². The van der Waals surface area contributed by atoms with Crippen LogP contribution in [0.25, 0.3) is 11.1 Å². The van der Waals surface area contributed by atoms with Crippen molar-refractivity contribution in [3.63, 3.8) is 0 Å². The van der Waals surface area contributed by atoms with Crippen LogP contribution in [-0.4, -0.2) is 21.0 Å². The summed E-state index contributed by atoms with van der Waals surface area (Å²) in [5.41, 5.74) is 1.41. The van der Waals surface area contributed by atoms with Crippen LogP contribution in [0, 0.1) is 0 Å². The van der Waals surface area contributed by atoms with Gasteiger partial charge in [0.05, 0.1) is 0 Å². The minimum absolute atomic E-state index is 0.360. The van der Waals surface area contributed by atoms with Gasteiger partial charge in [0.2, 0.25) is 0 Å². The smallest absolute Gasteiger partial charge is 0.395 e. The van der Waals surface area contributed by atoms with Gasteiger partial charge < -0.3 is 9.05 Å². The Morgan fingerprint density at radius 3 is 0.800 bits per heavy atom. The quantitative estimate of drug-likeness (QED) is 0.118. The van der Waals surface area contributed by atoms with Crippen molar-refractivity contribution >= 4 is 65.5 Å². The van der Waals surface area contributed by atoms with Gasteiger partial charge in [-0.25, -0.2) is 4.57 Å². The van der Waals surface area contributed by atoms with Crippen molar-refractivity contribution in [2.75, 3.05) is 0 Å². The Kier molecular flexibility index (Phi) is 9.05. The van der Waals surface area contributed by atoms with E-state index in [0.29, 0.717) is 22.6 Å². The average molecular weight is 765 g/mol. The van der Waals surface area contributed by atoms with Crippen LogP contribution >= 0.6 is 7.82 Å². The summed E-state index contributed by atoms with van der Waals surface area (Å²) in [6.07, 6.45) is 0. The summed E-state index contributed by atoms with van der Waals surface area (Å²) in [5, 5.41) is 8.48. The maximum Gasteiger partial charge on any atom is 0.584 e. The molecule has 8 aromatic carbocycles. The molecule has 1 N–H and O–H groups in total. The SMILES string of the molecule is O=P1(O)Oc2c(cccc2[Si](c2ccccc2)(c2ccccc2)c2ccccc2)-c2cccc([Si](c3ccccc3)(c3ccccc3)c3ccccc3)c2O1. The van der Waals surface area contributed by atoms with E-state index in [2.05, 4.69) is 170 Å². The van der Waals surface area contributed by atoms with Crippen LogP contribution in [0.5, 0.6) is 11.5 Å². The molecule has 9 rings (SSSR count). The van der Waals surface area contributed by atoms with Gasteiger partial charge in [0.15, 0.2) is 16.1 Å². The molecule has 0 saturated carbocycles. The van der Waals surface area contributed by atoms with Crippen molar-refractivity contribution in [3.05, 3.63) is 218 Å². The molecule has 266 valence electrons. The number of hydrogen-bond donors (Lipinski definition) is 1. The molecule has 1 heterocycles. The molecule has 0 aromatic heterocycles. The van der Waals surface area contributed by atoms with E-state index in [1.165, 1.54) is 0 Å². The summed E-state index contributed by atoms with van der Waals surface area (Å²) in [7, 11) is -11.2. The lowest BCUT2D eigenvalue weighted by Crippen LogP contribution is -2.75. The van der Waals surface area contributed by atoms with Crippen molar-refractivity contribution in [2.24, 2.45) is 0 Å². The Morgan fingerprint density at radius 2 is 0.564 bits per heavy atom. The van der Waals surface area contributed by atoms with E-state index < -0.39 is 24.0 Å². The third kappa shape index (κ3) is 5.82. The summed E-state index contributed by atoms with van der Waals surface area (Å²) in [4.78, 5) is 12.0. The van der Waals surface area contributed by atoms with Crippen molar-refractivity contribution < 1.29 is 18.5 Å². The van der Waals surface area contributed by atoms with Gasteiger partial charge in [0.25, 0.3) is 0 Å². The molecular weight excluding hydrogens is 728 g/mol. The molecule has 0 radical (unpaired) electrons. The highest BCUT2D eigenvalue weighted by atomic mass is 31.2. The fourth-order valence-electron chi connectivity index (χ4n) is 8.60. The van der Waals surface area contributed by atoms with Crippen molar-refractivity contribution in [2.45, 2.75) is 0 Å². The molecule has 0 spiro atoms. The van der Waals surface area contributed by atoms with Crippen molar-refractivity contribution in [3.8, 4) is 22.6 Å². The maximum absolute atomic E-state index is 14.7. The van der Waals surface area contributed by atoms with E-state index in [-0.39, 0.29) is 0 Å². The summed E-state index contributed by atoms with van der Waals surface area (Å²) in [5.74, 6) is 0.720. The third-order valence-corrected chi connectivity index (χ3v) is 21.2. The van der Waals surface area contributed by atoms with E-state index in [0.717, 1.165) is 41.5 Å². The summed E-state index contributed by atoms with van der Waals surface area (Å²) in [6.45, 7) is 0. The number of para-hydroxylation sites is 2. The molecule has 0 saturated heterocycles. The lowest BCUT2D eigenvalue weighted by molar-refractivity contribution is 0.296. The Bertz CT molecular complexity index is 2250. The maximum atomic E-state index is 14.7. The fraction of sp³-hybridized carbons (Fsp3) is 0. The van der Waals surface area contributed by atoms with Crippen LogP contribution in [0.4, 0.5) is 0 Å². The molecular formula is C48H37O4PSi2. The second-order valence-electron chi connectivity index (χ2n) is 13.7. The van der Waals surface area contributed by atoms with Crippen molar-refractivity contribution in [1.82, 2.24) is 0 Å². The van der Waals surface area contributed by atoms with Crippen molar-refractivity contribution in [1.29, 1.82) is 0 Å². The molecule has 0 amide bonds. The van der Waals surface area contributed by atoms with E-state index in [9.17, 15) is 9.46 Å². The molecule has 4 nitrogen and oxygen atoms in total. The largest absolute Gasteiger partial charge is 0.584 e. The molecule has 1 aliphatic rings. The molecule has 55 heavy (non-hydrogen) atoms. The second-order valence-corrected chi connectivity index (χ2v) is 22.6. The molecule has 8 aromatic rings. The van der Waals surface area contributed by atoms with E-state index in [4.69, 9.17) is 9.05 Å². The highest BCUT2D eigenvalue weighted by molar-refractivity contribution is 7.48. The predicted molar refractivity (Wildman–Crippen MR) is 230 cm³/mol. The zero-order valence-electron chi connectivity index (χ0n) is 29.9. The van der Waals surface area contributed by atoms with Gasteiger partial charge in [-0.05, 0) is 41.5 Å². The molecule has 0 aliphatic carbocycles. The zero-order valence-corrected chi connectivity index (χ0v) is 32.8. The number of fused-ring (bicyclic) bond motifs is 3. The number of benzene rings is 8. The third-order valence-electron chi connectivity index (χ3n) is 10.8. The first kappa shape index (κ1) is 34.7. The normalized spacial score (nSPS) is 13.3. The molecule has 0 unspecified atom stereocenters. The van der Waals surface area contributed by atoms with Gasteiger partial charge in [-0.2, -0.15) is 0 Å². The Labute approximate surface area is 323 Å². The van der Waals surface area contributed by atoms with Crippen LogP contribution in [0.15, 0.2) is 218 Å². The van der Waals surface area contributed by atoms with E-state index in [1.54, 1.807) is 0 Å². The number of phosphoric ester groups is 1. The van der Waals surface area contributed by atoms with E-state index >= 15 is 0 Å². The fourth-order valence-corrected chi connectivity index (χ4v) is 19.4. The van der Waals surface area contributed by atoms with Gasteiger partial charge in [-0.15, -0.1) is 0 Å². The average Bonchev–Trinajstić information content (AvgIpc) is 3.37. The Morgan fingerprint density at radius 1 is 0.327 bits per heavy atom. The Balaban J connectivity index is 1.40. The molecule has 0 bridgehead atoms. The van der Waals surface area contributed by atoms with Crippen LogP contribution < -0.4 is 50.5 Å². The summed E-state index contributed by atoms with van der Waals surface area (Å²) in [6, 6.07) is 75.2. The highest BCUT2D eigenvalue weighted by Gasteiger charge is 2.49. The molecule has 1 aliphatic heterocycles. The van der Waals surface area contributed by atoms with Gasteiger partial charge in [-0.3, -0.25) is 4.89 Å². The van der Waals surface area contributed by atoms with Gasteiger partial charge in [-0.1, -0.05) is 218 Å². The Hall–Kier alpha value is -6.02. The predicted octanol–water partition coefficient (Wildman–Crippen LogP) is 5.98. The zero-order chi connectivity index (χ0) is 37.3. The minimum Gasteiger partial charge on any atom is -0.395 e. The first-order chi connectivity index (χ1) is 27.0. The molecule has 0 fully saturated rings. The number of rotatable bonds is 8. The molecule has 7 heteroatoms. The van der Waals surface area contributed by atoms with Gasteiger partial charge in [0.1, 0.15) is 11.5 Å². The second kappa shape index (κ2) is 14.3. The first-order valence-electron chi connectivity index (χ1n) is 18.4. The van der Waals surface area contributed by atoms with Crippen LogP contribution in [-0.2, 0) is 4.57 Å². The lowest BCUT2D eigenvalue weighted by Gasteiger charge is -2.36. The molecule has 0 atom stereocenters. The number of phosphoric acid groups is 1. The van der Waals surface area contributed by atoms with E-state index in [1.807, 2.05) is 48.5 Å². The number of hydrogen-bond acceptors (Lipinski definition) is 3. The first-order valence-corrected chi connectivity index (χ1v) is 23.9. The topological polar surface area (TPSA) is 55.8 Å². The van der Waals surface area contributed by atoms with Crippen LogP contribution in [0.2, 0.25) is 0 Å². The lowest BCUT2D eigenvalue weighted by atomic mass is 10.0. The summed E-state index contributed by atoms with van der Waals surface area (Å²) < 4.78 is 27.6. The van der Waals surface area contributed by atoms with Crippen LogP contribution in [0.1, 0.15) is 0 Å². The minimum atomic E-state index is -4.79. The monoisotopic (exact) mass is 764 g/mol.